The van der Waals surface area contributed by atoms with Crippen molar-refractivity contribution < 1.29 is 14.3 Å². The molecule has 0 saturated heterocycles. The maximum Gasteiger partial charge on any atom is 0.352 e. The van der Waals surface area contributed by atoms with Crippen LogP contribution in [0.1, 0.15) is 6.92 Å². The predicted octanol–water partition coefficient (Wildman–Crippen LogP) is 2.22. The molecular formula is C15H16N2O3. The molecule has 5 nitrogen and oxygen atoms in total. The van der Waals surface area contributed by atoms with Crippen LogP contribution in [0.2, 0.25) is 0 Å². The molecule has 1 atom stereocenters. The molecule has 20 heavy (non-hydrogen) atoms. The summed E-state index contributed by atoms with van der Waals surface area (Å²) in [5.74, 6) is 0.504. The Balaban J connectivity index is 1.94. The molecule has 0 saturated carbocycles. The molecule has 104 valence electrons. The van der Waals surface area contributed by atoms with Gasteiger partial charge >= 0.3 is 5.97 Å². The van der Waals surface area contributed by atoms with Crippen LogP contribution >= 0.6 is 0 Å². The third-order valence-corrected chi connectivity index (χ3v) is 2.62. The smallest absolute Gasteiger partial charge is 0.352 e. The second kappa shape index (κ2) is 5.97. The quantitative estimate of drug-likeness (QED) is 0.506. The number of nitrogen functional groups attached to an aromatic ring is 2. The molecule has 0 heterocycles. The summed E-state index contributed by atoms with van der Waals surface area (Å²) in [4.78, 5) is 11.9. The Hall–Kier alpha value is -2.69. The number of hydrogen-bond acceptors (Lipinski definition) is 5. The van der Waals surface area contributed by atoms with E-state index in [1.165, 1.54) is 0 Å². The molecule has 0 radical (unpaired) electrons. The number of benzene rings is 2. The van der Waals surface area contributed by atoms with E-state index in [4.69, 9.17) is 20.9 Å². The van der Waals surface area contributed by atoms with E-state index in [1.807, 2.05) is 0 Å². The van der Waals surface area contributed by atoms with Crippen molar-refractivity contribution >= 4 is 17.3 Å². The van der Waals surface area contributed by atoms with E-state index in [9.17, 15) is 4.79 Å². The van der Waals surface area contributed by atoms with Gasteiger partial charge in [-0.3, -0.25) is 0 Å². The van der Waals surface area contributed by atoms with Crippen LogP contribution in [0.15, 0.2) is 48.5 Å². The maximum atomic E-state index is 11.9. The fourth-order valence-electron chi connectivity index (χ4n) is 1.53. The van der Waals surface area contributed by atoms with Crippen molar-refractivity contribution in [2.75, 3.05) is 11.5 Å². The summed E-state index contributed by atoms with van der Waals surface area (Å²) < 4.78 is 10.7. The number of anilines is 2. The van der Waals surface area contributed by atoms with E-state index in [2.05, 4.69) is 0 Å². The van der Waals surface area contributed by atoms with Crippen molar-refractivity contribution in [1.82, 2.24) is 0 Å². The first-order valence-electron chi connectivity index (χ1n) is 6.14. The zero-order valence-corrected chi connectivity index (χ0v) is 11.1. The standard InChI is InChI=1S/C15H16N2O3/c1-10(19-13-6-2-11(16)3-7-13)15(18)20-14-8-4-12(17)5-9-14/h2-10H,16-17H2,1H3/t10-/m1/s1. The summed E-state index contributed by atoms with van der Waals surface area (Å²) >= 11 is 0. The largest absolute Gasteiger partial charge is 0.479 e. The van der Waals surface area contributed by atoms with Crippen LogP contribution in [0.25, 0.3) is 0 Å². The summed E-state index contributed by atoms with van der Waals surface area (Å²) in [5, 5.41) is 0. The van der Waals surface area contributed by atoms with E-state index in [-0.39, 0.29) is 0 Å². The zero-order valence-electron chi connectivity index (χ0n) is 11.1. The molecule has 0 fully saturated rings. The lowest BCUT2D eigenvalue weighted by atomic mass is 10.3. The lowest BCUT2D eigenvalue weighted by Gasteiger charge is -2.14. The highest BCUT2D eigenvalue weighted by Gasteiger charge is 2.17. The van der Waals surface area contributed by atoms with E-state index in [1.54, 1.807) is 55.5 Å². The molecule has 0 unspecified atom stereocenters. The summed E-state index contributed by atoms with van der Waals surface area (Å²) in [5.41, 5.74) is 12.4. The summed E-state index contributed by atoms with van der Waals surface area (Å²) in [7, 11) is 0. The van der Waals surface area contributed by atoms with Gasteiger partial charge in [0.05, 0.1) is 0 Å². The van der Waals surface area contributed by atoms with Crippen LogP contribution in [0.5, 0.6) is 11.5 Å². The van der Waals surface area contributed by atoms with Crippen LogP contribution in [0, 0.1) is 0 Å². The number of ether oxygens (including phenoxy) is 2. The van der Waals surface area contributed by atoms with Crippen molar-refractivity contribution in [3.05, 3.63) is 48.5 Å². The number of carbonyl (C=O) groups is 1. The SMILES string of the molecule is C[C@@H](Oc1ccc(N)cc1)C(=O)Oc1ccc(N)cc1. The maximum absolute atomic E-state index is 11.9. The van der Waals surface area contributed by atoms with Gasteiger partial charge in [0.15, 0.2) is 6.10 Å². The molecule has 5 heteroatoms. The molecule has 2 aromatic rings. The molecule has 0 bridgehead atoms. The second-order valence-electron chi connectivity index (χ2n) is 4.32. The van der Waals surface area contributed by atoms with E-state index in [0.717, 1.165) is 0 Å². The Bertz CT molecular complexity index is 579. The normalized spacial score (nSPS) is 11.7. The van der Waals surface area contributed by atoms with E-state index >= 15 is 0 Å². The third-order valence-electron chi connectivity index (χ3n) is 2.62. The molecular weight excluding hydrogens is 256 g/mol. The second-order valence-corrected chi connectivity index (χ2v) is 4.32. The fourth-order valence-corrected chi connectivity index (χ4v) is 1.53. The van der Waals surface area contributed by atoms with E-state index in [0.29, 0.717) is 22.9 Å². The van der Waals surface area contributed by atoms with Gasteiger partial charge < -0.3 is 20.9 Å². The van der Waals surface area contributed by atoms with Crippen LogP contribution in [0.4, 0.5) is 11.4 Å². The molecule has 2 rings (SSSR count). The fraction of sp³-hybridized carbons (Fsp3) is 0.133. The molecule has 0 aliphatic rings. The van der Waals surface area contributed by atoms with Gasteiger partial charge in [0.1, 0.15) is 11.5 Å². The topological polar surface area (TPSA) is 87.6 Å². The monoisotopic (exact) mass is 272 g/mol. The molecule has 4 N–H and O–H groups in total. The highest BCUT2D eigenvalue weighted by Crippen LogP contribution is 2.17. The molecule has 0 amide bonds. The molecule has 2 aromatic carbocycles. The Morgan fingerprint density at radius 1 is 0.900 bits per heavy atom. The van der Waals surface area contributed by atoms with Crippen LogP contribution in [-0.2, 0) is 4.79 Å². The average Bonchev–Trinajstić information content (AvgIpc) is 2.44. The first-order chi connectivity index (χ1) is 9.54. The highest BCUT2D eigenvalue weighted by molar-refractivity contribution is 5.77. The molecule has 0 aliphatic heterocycles. The van der Waals surface area contributed by atoms with Gasteiger partial charge in [-0.1, -0.05) is 0 Å². The van der Waals surface area contributed by atoms with Gasteiger partial charge in [-0.05, 0) is 55.5 Å². The van der Waals surface area contributed by atoms with Crippen molar-refractivity contribution in [1.29, 1.82) is 0 Å². The average molecular weight is 272 g/mol. The Labute approximate surface area is 117 Å². The number of rotatable bonds is 4. The van der Waals surface area contributed by atoms with Crippen LogP contribution in [0.3, 0.4) is 0 Å². The van der Waals surface area contributed by atoms with E-state index < -0.39 is 12.1 Å². The van der Waals surface area contributed by atoms with Crippen molar-refractivity contribution in [3.63, 3.8) is 0 Å². The van der Waals surface area contributed by atoms with Crippen LogP contribution < -0.4 is 20.9 Å². The Morgan fingerprint density at radius 3 is 1.85 bits per heavy atom. The minimum Gasteiger partial charge on any atom is -0.479 e. The van der Waals surface area contributed by atoms with Gasteiger partial charge in [-0.25, -0.2) is 4.79 Å². The predicted molar refractivity (Wildman–Crippen MR) is 77.4 cm³/mol. The number of hydrogen-bond donors (Lipinski definition) is 2. The number of esters is 1. The number of nitrogens with two attached hydrogens (primary N) is 2. The summed E-state index contributed by atoms with van der Waals surface area (Å²) in [6.45, 7) is 1.62. The molecule has 0 spiro atoms. The number of carbonyl (C=O) groups excluding carboxylic acids is 1. The van der Waals surface area contributed by atoms with Gasteiger partial charge in [0.25, 0.3) is 0 Å². The molecule has 0 aliphatic carbocycles. The molecule has 0 aromatic heterocycles. The van der Waals surface area contributed by atoms with Gasteiger partial charge in [0.2, 0.25) is 0 Å². The Kier molecular flexibility index (Phi) is 4.10. The van der Waals surface area contributed by atoms with Crippen molar-refractivity contribution in [2.45, 2.75) is 13.0 Å². The summed E-state index contributed by atoms with van der Waals surface area (Å²) in [6.07, 6.45) is -0.726. The van der Waals surface area contributed by atoms with Gasteiger partial charge in [0, 0.05) is 11.4 Å². The first kappa shape index (κ1) is 13.7. The lowest BCUT2D eigenvalue weighted by molar-refractivity contribution is -0.141. The minimum absolute atomic E-state index is 0.428. The van der Waals surface area contributed by atoms with Gasteiger partial charge in [-0.15, -0.1) is 0 Å². The summed E-state index contributed by atoms with van der Waals surface area (Å²) in [6, 6.07) is 13.4. The lowest BCUT2D eigenvalue weighted by Crippen LogP contribution is -2.28. The van der Waals surface area contributed by atoms with Crippen molar-refractivity contribution in [3.8, 4) is 11.5 Å². The first-order valence-corrected chi connectivity index (χ1v) is 6.14. The Morgan fingerprint density at radius 2 is 1.35 bits per heavy atom. The minimum atomic E-state index is -0.726. The van der Waals surface area contributed by atoms with Crippen molar-refractivity contribution in [2.24, 2.45) is 0 Å². The van der Waals surface area contributed by atoms with Crippen LogP contribution in [-0.4, -0.2) is 12.1 Å². The highest BCUT2D eigenvalue weighted by atomic mass is 16.6. The third kappa shape index (κ3) is 3.65. The van der Waals surface area contributed by atoms with Gasteiger partial charge in [-0.2, -0.15) is 0 Å². The zero-order chi connectivity index (χ0) is 14.5.